The number of aliphatic imine (C=N–C) groups is 1. The zero-order valence-corrected chi connectivity index (χ0v) is 16.3. The first-order valence-corrected chi connectivity index (χ1v) is 8.55. The number of rotatable bonds is 8. The van der Waals surface area contributed by atoms with E-state index in [1.54, 1.807) is 0 Å². The molecule has 0 bridgehead atoms. The lowest BCUT2D eigenvalue weighted by Crippen LogP contribution is -2.43. The fraction of sp³-hybridized carbons (Fsp3) is 0.929. The number of halogens is 1. The number of hydrogen-bond donors (Lipinski definition) is 2. The van der Waals surface area contributed by atoms with Crippen LogP contribution in [0.15, 0.2) is 4.99 Å². The number of nitrogens with zero attached hydrogens (tertiary/aromatic N) is 2. The Labute approximate surface area is 145 Å². The van der Waals surface area contributed by atoms with Crippen LogP contribution in [-0.2, 0) is 0 Å². The van der Waals surface area contributed by atoms with Crippen molar-refractivity contribution < 1.29 is 0 Å². The summed E-state index contributed by atoms with van der Waals surface area (Å²) in [6.45, 7) is 6.48. The van der Waals surface area contributed by atoms with Gasteiger partial charge in [0.2, 0.25) is 0 Å². The fourth-order valence-electron chi connectivity index (χ4n) is 2.14. The van der Waals surface area contributed by atoms with Crippen molar-refractivity contribution in [3.05, 3.63) is 0 Å². The number of likely N-dealkylation sites (N-methyl/N-ethyl adjacent to an activating group) is 1. The fourth-order valence-corrected chi connectivity index (χ4v) is 3.34. The van der Waals surface area contributed by atoms with Crippen molar-refractivity contribution in [2.75, 3.05) is 46.0 Å². The first-order chi connectivity index (χ1) is 9.26. The first kappa shape index (κ1) is 20.3. The summed E-state index contributed by atoms with van der Waals surface area (Å²) in [6, 6.07) is 0. The van der Waals surface area contributed by atoms with Crippen LogP contribution in [0, 0.1) is 0 Å². The molecule has 1 atom stereocenters. The van der Waals surface area contributed by atoms with Gasteiger partial charge in [0.25, 0.3) is 0 Å². The van der Waals surface area contributed by atoms with Crippen molar-refractivity contribution in [2.45, 2.75) is 37.9 Å². The van der Waals surface area contributed by atoms with Gasteiger partial charge in [-0.25, -0.2) is 0 Å². The van der Waals surface area contributed by atoms with E-state index in [9.17, 15) is 0 Å². The van der Waals surface area contributed by atoms with Crippen LogP contribution in [0.2, 0.25) is 0 Å². The molecule has 1 saturated heterocycles. The predicted octanol–water partition coefficient (Wildman–Crippen LogP) is 2.40. The molecule has 120 valence electrons. The van der Waals surface area contributed by atoms with Gasteiger partial charge in [-0.2, -0.15) is 11.8 Å². The molecule has 0 aromatic carbocycles. The molecule has 20 heavy (non-hydrogen) atoms. The maximum Gasteiger partial charge on any atom is 0.191 e. The van der Waals surface area contributed by atoms with E-state index in [-0.39, 0.29) is 24.0 Å². The van der Waals surface area contributed by atoms with Crippen LogP contribution < -0.4 is 10.6 Å². The third kappa shape index (κ3) is 9.28. The summed E-state index contributed by atoms with van der Waals surface area (Å²) in [5.41, 5.74) is 0. The largest absolute Gasteiger partial charge is 0.355 e. The lowest BCUT2D eigenvalue weighted by atomic mass is 10.2. The second-order valence-corrected chi connectivity index (χ2v) is 6.58. The predicted molar refractivity (Wildman–Crippen MR) is 103 cm³/mol. The van der Waals surface area contributed by atoms with Crippen LogP contribution in [0.1, 0.15) is 32.6 Å². The van der Waals surface area contributed by atoms with Gasteiger partial charge in [-0.15, -0.1) is 24.0 Å². The maximum atomic E-state index is 4.27. The molecular weight excluding hydrogens is 383 g/mol. The number of thioether (sulfide) groups is 1. The third-order valence-corrected chi connectivity index (χ3v) is 4.82. The topological polar surface area (TPSA) is 39.7 Å². The number of guanidine groups is 1. The highest BCUT2D eigenvalue weighted by molar-refractivity contribution is 14.0. The Morgan fingerprint density at radius 3 is 2.75 bits per heavy atom. The lowest BCUT2D eigenvalue weighted by molar-refractivity contribution is 0.332. The summed E-state index contributed by atoms with van der Waals surface area (Å²) >= 11 is 2.08. The Hall–Kier alpha value is 0.310. The van der Waals surface area contributed by atoms with Gasteiger partial charge >= 0.3 is 0 Å². The van der Waals surface area contributed by atoms with Crippen LogP contribution >= 0.6 is 35.7 Å². The normalized spacial score (nSPS) is 19.0. The Morgan fingerprint density at radius 2 is 2.15 bits per heavy atom. The van der Waals surface area contributed by atoms with Crippen LogP contribution in [-0.4, -0.2) is 62.1 Å². The van der Waals surface area contributed by atoms with E-state index in [4.69, 9.17) is 0 Å². The van der Waals surface area contributed by atoms with E-state index in [1.807, 2.05) is 7.05 Å². The minimum Gasteiger partial charge on any atom is -0.355 e. The Bertz CT molecular complexity index is 258. The van der Waals surface area contributed by atoms with Gasteiger partial charge in [0.1, 0.15) is 0 Å². The Balaban J connectivity index is 0.00000361. The van der Waals surface area contributed by atoms with Crippen molar-refractivity contribution in [1.29, 1.82) is 0 Å². The van der Waals surface area contributed by atoms with Gasteiger partial charge in [-0.05, 0) is 38.6 Å². The zero-order chi connectivity index (χ0) is 13.9. The molecule has 1 aliphatic rings. The monoisotopic (exact) mass is 414 g/mol. The average Bonchev–Trinajstić information content (AvgIpc) is 2.93. The molecule has 1 rings (SSSR count). The third-order valence-electron chi connectivity index (χ3n) is 3.42. The van der Waals surface area contributed by atoms with Gasteiger partial charge in [0.05, 0.1) is 0 Å². The molecule has 1 unspecified atom stereocenters. The molecule has 1 heterocycles. The summed E-state index contributed by atoms with van der Waals surface area (Å²) in [5.74, 6) is 2.26. The van der Waals surface area contributed by atoms with Crippen molar-refractivity contribution in [3.8, 4) is 0 Å². The molecule has 0 aromatic heterocycles. The smallest absolute Gasteiger partial charge is 0.191 e. The van der Waals surface area contributed by atoms with Gasteiger partial charge in [0, 0.05) is 31.9 Å². The highest BCUT2D eigenvalue weighted by atomic mass is 127. The standard InChI is InChI=1S/C14H30N4S.HI/c1-4-5-9-18(3)10-8-16-14(15-2)17-12-13-7-6-11-19-13;/h13H,4-12H2,1-3H3,(H2,15,16,17);1H. The van der Waals surface area contributed by atoms with E-state index < -0.39 is 0 Å². The van der Waals surface area contributed by atoms with Crippen molar-refractivity contribution in [3.63, 3.8) is 0 Å². The number of hydrogen-bond acceptors (Lipinski definition) is 3. The average molecular weight is 414 g/mol. The van der Waals surface area contributed by atoms with Crippen molar-refractivity contribution in [2.24, 2.45) is 4.99 Å². The van der Waals surface area contributed by atoms with E-state index >= 15 is 0 Å². The lowest BCUT2D eigenvalue weighted by Gasteiger charge is -2.18. The summed E-state index contributed by atoms with van der Waals surface area (Å²) in [6.07, 6.45) is 5.25. The van der Waals surface area contributed by atoms with Crippen molar-refractivity contribution in [1.82, 2.24) is 15.5 Å². The number of unbranched alkanes of at least 4 members (excludes halogenated alkanes) is 1. The maximum absolute atomic E-state index is 4.27. The summed E-state index contributed by atoms with van der Waals surface area (Å²) < 4.78 is 0. The second kappa shape index (κ2) is 13.0. The van der Waals surface area contributed by atoms with E-state index in [2.05, 4.69) is 46.3 Å². The summed E-state index contributed by atoms with van der Waals surface area (Å²) in [5, 5.41) is 7.59. The SMILES string of the molecule is CCCCN(C)CCNC(=NC)NCC1CCCS1.I. The van der Waals surface area contributed by atoms with E-state index in [0.29, 0.717) is 0 Å². The molecule has 0 spiro atoms. The molecule has 4 nitrogen and oxygen atoms in total. The van der Waals surface area contributed by atoms with Gasteiger partial charge in [0.15, 0.2) is 5.96 Å². The Kier molecular flexibility index (Phi) is 13.2. The summed E-state index contributed by atoms with van der Waals surface area (Å²) in [4.78, 5) is 6.65. The molecule has 0 aliphatic carbocycles. The Morgan fingerprint density at radius 1 is 1.35 bits per heavy atom. The minimum atomic E-state index is 0. The van der Waals surface area contributed by atoms with Crippen molar-refractivity contribution >= 4 is 41.7 Å². The quantitative estimate of drug-likeness (QED) is 0.364. The van der Waals surface area contributed by atoms with Gasteiger partial charge in [-0.1, -0.05) is 13.3 Å². The highest BCUT2D eigenvalue weighted by Crippen LogP contribution is 2.25. The van der Waals surface area contributed by atoms with Crippen LogP contribution in [0.4, 0.5) is 0 Å². The molecule has 1 fully saturated rings. The first-order valence-electron chi connectivity index (χ1n) is 7.51. The molecule has 0 radical (unpaired) electrons. The molecule has 2 N–H and O–H groups in total. The summed E-state index contributed by atoms with van der Waals surface area (Å²) in [7, 11) is 4.03. The zero-order valence-electron chi connectivity index (χ0n) is 13.2. The molecule has 0 aromatic rings. The molecular formula is C14H31IN4S. The molecule has 0 saturated carbocycles. The molecule has 0 amide bonds. The van der Waals surface area contributed by atoms with Crippen LogP contribution in [0.3, 0.4) is 0 Å². The number of nitrogens with one attached hydrogen (secondary N) is 2. The molecule has 6 heteroatoms. The highest BCUT2D eigenvalue weighted by Gasteiger charge is 2.15. The van der Waals surface area contributed by atoms with E-state index in [0.717, 1.165) is 30.8 Å². The molecule has 1 aliphatic heterocycles. The van der Waals surface area contributed by atoms with Gasteiger partial charge in [-0.3, -0.25) is 4.99 Å². The second-order valence-electron chi connectivity index (χ2n) is 5.17. The van der Waals surface area contributed by atoms with Crippen LogP contribution in [0.5, 0.6) is 0 Å². The van der Waals surface area contributed by atoms with Crippen LogP contribution in [0.25, 0.3) is 0 Å². The van der Waals surface area contributed by atoms with Gasteiger partial charge < -0.3 is 15.5 Å². The minimum absolute atomic E-state index is 0. The van der Waals surface area contributed by atoms with E-state index in [1.165, 1.54) is 38.0 Å².